The van der Waals surface area contributed by atoms with E-state index in [1.165, 1.54) is 6.42 Å². The molecule has 1 aliphatic heterocycles. The van der Waals surface area contributed by atoms with Gasteiger partial charge >= 0.3 is 6.03 Å². The summed E-state index contributed by atoms with van der Waals surface area (Å²) in [7, 11) is 0. The molecule has 1 saturated heterocycles. The van der Waals surface area contributed by atoms with E-state index in [9.17, 15) is 14.4 Å². The van der Waals surface area contributed by atoms with Crippen LogP contribution < -0.4 is 10.6 Å². The second kappa shape index (κ2) is 6.52. The smallest absolute Gasteiger partial charge is 0.277 e. The quantitative estimate of drug-likeness (QED) is 0.539. The average Bonchev–Trinajstić information content (AvgIpc) is 2.32. The highest BCUT2D eigenvalue weighted by Gasteiger charge is 2.48. The molecule has 0 spiro atoms. The Morgan fingerprint density at radius 2 is 1.44 bits per heavy atom. The van der Waals surface area contributed by atoms with Gasteiger partial charge in [-0.3, -0.25) is 20.2 Å². The molecule has 0 radical (unpaired) electrons. The second-order valence-electron chi connectivity index (χ2n) is 4.84. The molecule has 0 bridgehead atoms. The van der Waals surface area contributed by atoms with E-state index >= 15 is 0 Å². The van der Waals surface area contributed by atoms with Gasteiger partial charge in [-0.25, -0.2) is 4.79 Å². The molecule has 0 saturated carbocycles. The normalized spacial score (nSPS) is 18.4. The van der Waals surface area contributed by atoms with Crippen LogP contribution in [0.2, 0.25) is 0 Å². The third kappa shape index (κ3) is 3.09. The van der Waals surface area contributed by atoms with Gasteiger partial charge in [0.25, 0.3) is 0 Å². The maximum atomic E-state index is 11.9. The van der Waals surface area contributed by atoms with Crippen LogP contribution in [-0.4, -0.2) is 17.8 Å². The third-order valence-electron chi connectivity index (χ3n) is 3.63. The summed E-state index contributed by atoms with van der Waals surface area (Å²) in [6.45, 7) is 3.95. The lowest BCUT2D eigenvalue weighted by molar-refractivity contribution is -0.145. The van der Waals surface area contributed by atoms with Crippen LogP contribution in [0.5, 0.6) is 0 Å². The lowest BCUT2D eigenvalue weighted by Gasteiger charge is -2.33. The van der Waals surface area contributed by atoms with Gasteiger partial charge in [-0.05, 0) is 12.8 Å². The van der Waals surface area contributed by atoms with Gasteiger partial charge in [0.15, 0.2) is 0 Å². The molecule has 4 amide bonds. The number of barbiturate groups is 1. The van der Waals surface area contributed by atoms with Crippen molar-refractivity contribution < 1.29 is 14.4 Å². The van der Waals surface area contributed by atoms with Crippen molar-refractivity contribution in [1.82, 2.24) is 10.6 Å². The third-order valence-corrected chi connectivity index (χ3v) is 3.63. The molecule has 0 unspecified atom stereocenters. The molecule has 1 aliphatic rings. The summed E-state index contributed by atoms with van der Waals surface area (Å²) in [5.74, 6) is -0.900. The molecule has 0 aromatic rings. The fraction of sp³-hybridized carbons (Fsp3) is 0.769. The van der Waals surface area contributed by atoms with Crippen molar-refractivity contribution in [3.8, 4) is 0 Å². The van der Waals surface area contributed by atoms with Crippen LogP contribution in [0.1, 0.15) is 58.8 Å². The van der Waals surface area contributed by atoms with Crippen LogP contribution in [0.15, 0.2) is 0 Å². The first kappa shape index (κ1) is 14.7. The highest BCUT2D eigenvalue weighted by molar-refractivity contribution is 6.19. The molecule has 0 aromatic carbocycles. The standard InChI is InChI=1S/C13H22N2O3/c1-3-5-6-7-8-9-13(4-2)10(16)14-12(18)15-11(13)17/h3-9H2,1-2H3,(H2,14,15,16,17,18). The van der Waals surface area contributed by atoms with Crippen molar-refractivity contribution in [3.05, 3.63) is 0 Å². The predicted molar refractivity (Wildman–Crippen MR) is 67.8 cm³/mol. The molecule has 0 aromatic heterocycles. The molecule has 5 heteroatoms. The van der Waals surface area contributed by atoms with Gasteiger partial charge in [0, 0.05) is 0 Å². The van der Waals surface area contributed by atoms with E-state index in [0.717, 1.165) is 25.7 Å². The van der Waals surface area contributed by atoms with E-state index in [2.05, 4.69) is 17.6 Å². The zero-order chi connectivity index (χ0) is 13.6. The number of hydrogen-bond donors (Lipinski definition) is 2. The number of carbonyl (C=O) groups excluding carboxylic acids is 3. The van der Waals surface area contributed by atoms with Crippen LogP contribution in [0.4, 0.5) is 4.79 Å². The van der Waals surface area contributed by atoms with Crippen LogP contribution in [0.3, 0.4) is 0 Å². The first-order chi connectivity index (χ1) is 8.56. The molecule has 18 heavy (non-hydrogen) atoms. The summed E-state index contributed by atoms with van der Waals surface area (Å²) in [6.07, 6.45) is 6.25. The lowest BCUT2D eigenvalue weighted by atomic mass is 9.77. The van der Waals surface area contributed by atoms with E-state index < -0.39 is 23.3 Å². The monoisotopic (exact) mass is 254 g/mol. The number of carbonyl (C=O) groups is 3. The van der Waals surface area contributed by atoms with Crippen LogP contribution in [-0.2, 0) is 9.59 Å². The van der Waals surface area contributed by atoms with Crippen LogP contribution in [0, 0.1) is 5.41 Å². The summed E-state index contributed by atoms with van der Waals surface area (Å²) >= 11 is 0. The van der Waals surface area contributed by atoms with Crippen molar-refractivity contribution in [1.29, 1.82) is 0 Å². The van der Waals surface area contributed by atoms with E-state index in [-0.39, 0.29) is 0 Å². The molecule has 1 heterocycles. The van der Waals surface area contributed by atoms with Crippen molar-refractivity contribution in [2.24, 2.45) is 5.41 Å². The highest BCUT2D eigenvalue weighted by atomic mass is 16.2. The lowest BCUT2D eigenvalue weighted by Crippen LogP contribution is -2.62. The first-order valence-corrected chi connectivity index (χ1v) is 6.73. The molecule has 0 atom stereocenters. The minimum atomic E-state index is -1.06. The van der Waals surface area contributed by atoms with Crippen LogP contribution >= 0.6 is 0 Å². The number of nitrogens with one attached hydrogen (secondary N) is 2. The van der Waals surface area contributed by atoms with Crippen molar-refractivity contribution >= 4 is 17.8 Å². The predicted octanol–water partition coefficient (Wildman–Crippen LogP) is 2.11. The number of unbranched alkanes of at least 4 members (excludes halogenated alkanes) is 4. The zero-order valence-electron chi connectivity index (χ0n) is 11.2. The molecule has 1 rings (SSSR count). The van der Waals surface area contributed by atoms with Gasteiger partial charge in [0.05, 0.1) is 0 Å². The minimum Gasteiger partial charge on any atom is -0.277 e. The molecular weight excluding hydrogens is 232 g/mol. The Morgan fingerprint density at radius 1 is 0.889 bits per heavy atom. The second-order valence-corrected chi connectivity index (χ2v) is 4.84. The van der Waals surface area contributed by atoms with E-state index in [1.807, 2.05) is 0 Å². The van der Waals surface area contributed by atoms with Gasteiger partial charge in [-0.1, -0.05) is 46.0 Å². The topological polar surface area (TPSA) is 75.3 Å². The zero-order valence-corrected chi connectivity index (χ0v) is 11.2. The molecule has 2 N–H and O–H groups in total. The Hall–Kier alpha value is -1.39. The van der Waals surface area contributed by atoms with E-state index in [4.69, 9.17) is 0 Å². The number of amides is 4. The van der Waals surface area contributed by atoms with Gasteiger partial charge < -0.3 is 0 Å². The van der Waals surface area contributed by atoms with Gasteiger partial charge in [-0.15, -0.1) is 0 Å². The fourth-order valence-corrected chi connectivity index (χ4v) is 2.34. The maximum absolute atomic E-state index is 11.9. The molecule has 5 nitrogen and oxygen atoms in total. The summed E-state index contributed by atoms with van der Waals surface area (Å²) in [5, 5.41) is 4.39. The molecule has 102 valence electrons. The molecule has 1 fully saturated rings. The Kier molecular flexibility index (Phi) is 5.31. The summed E-state index contributed by atoms with van der Waals surface area (Å²) in [4.78, 5) is 34.8. The fourth-order valence-electron chi connectivity index (χ4n) is 2.34. The van der Waals surface area contributed by atoms with E-state index in [1.54, 1.807) is 6.92 Å². The highest BCUT2D eigenvalue weighted by Crippen LogP contribution is 2.31. The van der Waals surface area contributed by atoms with Gasteiger partial charge in [0.1, 0.15) is 5.41 Å². The van der Waals surface area contributed by atoms with E-state index in [0.29, 0.717) is 12.8 Å². The molecular formula is C13H22N2O3. The summed E-state index contributed by atoms with van der Waals surface area (Å²) < 4.78 is 0. The Labute approximate surface area is 108 Å². The summed E-state index contributed by atoms with van der Waals surface area (Å²) in [6, 6.07) is -0.708. The van der Waals surface area contributed by atoms with Crippen molar-refractivity contribution in [2.45, 2.75) is 58.8 Å². The molecule has 0 aliphatic carbocycles. The van der Waals surface area contributed by atoms with Crippen LogP contribution in [0.25, 0.3) is 0 Å². The van der Waals surface area contributed by atoms with Gasteiger partial charge in [0.2, 0.25) is 11.8 Å². The summed E-state index contributed by atoms with van der Waals surface area (Å²) in [5.41, 5.74) is -1.06. The number of urea groups is 1. The largest absolute Gasteiger partial charge is 0.328 e. The van der Waals surface area contributed by atoms with Crippen molar-refractivity contribution in [2.75, 3.05) is 0 Å². The van der Waals surface area contributed by atoms with Crippen molar-refractivity contribution in [3.63, 3.8) is 0 Å². The number of hydrogen-bond acceptors (Lipinski definition) is 3. The number of rotatable bonds is 7. The first-order valence-electron chi connectivity index (χ1n) is 6.73. The maximum Gasteiger partial charge on any atom is 0.328 e. The van der Waals surface area contributed by atoms with Gasteiger partial charge in [-0.2, -0.15) is 0 Å². The Bertz CT molecular complexity index is 319. The Morgan fingerprint density at radius 3 is 1.94 bits per heavy atom. The average molecular weight is 254 g/mol. The number of imide groups is 2. The SMILES string of the molecule is CCCCCCCC1(CC)C(=O)NC(=O)NC1=O. The minimum absolute atomic E-state index is 0.422. The Balaban J connectivity index is 2.58.